The van der Waals surface area contributed by atoms with E-state index in [0.29, 0.717) is 22.1 Å². The van der Waals surface area contributed by atoms with Gasteiger partial charge in [-0.1, -0.05) is 11.6 Å². The van der Waals surface area contributed by atoms with Crippen LogP contribution in [0, 0.1) is 0 Å². The second-order valence-corrected chi connectivity index (χ2v) is 5.21. The monoisotopic (exact) mass is 349 g/mol. The molecule has 0 radical (unpaired) electrons. The van der Waals surface area contributed by atoms with Crippen LogP contribution in [0.2, 0.25) is 5.02 Å². The van der Waals surface area contributed by atoms with Gasteiger partial charge in [0.15, 0.2) is 23.9 Å². The molecule has 0 spiro atoms. The quantitative estimate of drug-likeness (QED) is 0.490. The number of esters is 1. The third kappa shape index (κ3) is 3.97. The maximum atomic E-state index is 12.1. The highest BCUT2D eigenvalue weighted by atomic mass is 35.5. The molecule has 2 aromatic carbocycles. The van der Waals surface area contributed by atoms with Crippen molar-refractivity contribution in [2.45, 2.75) is 0 Å². The average Bonchev–Trinajstić information content (AvgIpc) is 2.60. The fourth-order valence-electron chi connectivity index (χ4n) is 1.98. The normalized spacial score (nSPS) is 10.1. The van der Waals surface area contributed by atoms with Crippen molar-refractivity contribution in [2.24, 2.45) is 0 Å². The van der Waals surface area contributed by atoms with Crippen LogP contribution in [0.5, 0.6) is 11.5 Å². The summed E-state index contributed by atoms with van der Waals surface area (Å²) in [6, 6.07) is 9.05. The van der Waals surface area contributed by atoms with Gasteiger partial charge in [0, 0.05) is 5.56 Å². The number of carbonyl (C=O) groups excluding carboxylic acids is 2. The second kappa shape index (κ2) is 7.70. The van der Waals surface area contributed by atoms with E-state index < -0.39 is 12.6 Å². The molecule has 0 saturated carbocycles. The van der Waals surface area contributed by atoms with Crippen LogP contribution in [-0.2, 0) is 4.74 Å². The number of methoxy groups -OCH3 is 2. The predicted octanol–water partition coefficient (Wildman–Crippen LogP) is 2.98. The predicted molar refractivity (Wildman–Crippen MR) is 90.0 cm³/mol. The number of ether oxygens (including phenoxy) is 3. The first-order valence-corrected chi connectivity index (χ1v) is 7.31. The molecule has 6 nitrogen and oxygen atoms in total. The third-order valence-electron chi connectivity index (χ3n) is 3.27. The molecule has 0 aliphatic rings. The Morgan fingerprint density at radius 2 is 1.67 bits per heavy atom. The number of benzene rings is 2. The Hall–Kier alpha value is -2.73. The lowest BCUT2D eigenvalue weighted by Crippen LogP contribution is -2.14. The van der Waals surface area contributed by atoms with E-state index in [9.17, 15) is 9.59 Å². The van der Waals surface area contributed by atoms with Crippen molar-refractivity contribution in [3.63, 3.8) is 0 Å². The standard InChI is InChI=1S/C17H16ClNO5/c1-22-15-6-4-10(8-16(15)23-2)14(20)9-24-17(21)11-3-5-12(18)13(19)7-11/h3-8H,9,19H2,1-2H3. The molecule has 2 rings (SSSR count). The van der Waals surface area contributed by atoms with Crippen molar-refractivity contribution in [3.8, 4) is 11.5 Å². The molecule has 0 bridgehead atoms. The van der Waals surface area contributed by atoms with Crippen LogP contribution in [0.3, 0.4) is 0 Å². The summed E-state index contributed by atoms with van der Waals surface area (Å²) in [4.78, 5) is 24.1. The molecule has 24 heavy (non-hydrogen) atoms. The SMILES string of the molecule is COc1ccc(C(=O)COC(=O)c2ccc(Cl)c(N)c2)cc1OC. The van der Waals surface area contributed by atoms with Gasteiger partial charge in [-0.25, -0.2) is 4.79 Å². The Bertz CT molecular complexity index is 776. The molecule has 0 aromatic heterocycles. The van der Waals surface area contributed by atoms with E-state index in [1.807, 2.05) is 0 Å². The molecule has 0 aliphatic heterocycles. The van der Waals surface area contributed by atoms with E-state index in [4.69, 9.17) is 31.5 Å². The average molecular weight is 350 g/mol. The number of carbonyl (C=O) groups is 2. The highest BCUT2D eigenvalue weighted by Gasteiger charge is 2.15. The Kier molecular flexibility index (Phi) is 5.65. The summed E-state index contributed by atoms with van der Waals surface area (Å²) in [7, 11) is 2.97. The summed E-state index contributed by atoms with van der Waals surface area (Å²) < 4.78 is 15.2. The number of Topliss-reactive ketones (excluding diaryl/α,β-unsaturated/α-hetero) is 1. The Balaban J connectivity index is 2.04. The van der Waals surface area contributed by atoms with E-state index in [1.54, 1.807) is 12.1 Å². The highest BCUT2D eigenvalue weighted by Crippen LogP contribution is 2.27. The Labute approximate surface area is 144 Å². The summed E-state index contributed by atoms with van der Waals surface area (Å²) in [5.74, 6) is -0.110. The molecule has 0 heterocycles. The van der Waals surface area contributed by atoms with E-state index in [1.165, 1.54) is 38.5 Å². The maximum absolute atomic E-state index is 12.1. The van der Waals surface area contributed by atoms with Crippen LogP contribution >= 0.6 is 11.6 Å². The number of rotatable bonds is 6. The maximum Gasteiger partial charge on any atom is 0.338 e. The Morgan fingerprint density at radius 3 is 2.29 bits per heavy atom. The first-order chi connectivity index (χ1) is 11.5. The molecule has 0 aliphatic carbocycles. The van der Waals surface area contributed by atoms with Crippen molar-refractivity contribution >= 4 is 29.0 Å². The van der Waals surface area contributed by atoms with Crippen molar-refractivity contribution < 1.29 is 23.8 Å². The molecular formula is C17H16ClNO5. The van der Waals surface area contributed by atoms with E-state index in [-0.39, 0.29) is 17.0 Å². The van der Waals surface area contributed by atoms with E-state index >= 15 is 0 Å². The molecular weight excluding hydrogens is 334 g/mol. The molecule has 2 N–H and O–H groups in total. The lowest BCUT2D eigenvalue weighted by atomic mass is 10.1. The largest absolute Gasteiger partial charge is 0.493 e. The van der Waals surface area contributed by atoms with Crippen LogP contribution in [0.4, 0.5) is 5.69 Å². The van der Waals surface area contributed by atoms with E-state index in [0.717, 1.165) is 0 Å². The van der Waals surface area contributed by atoms with Gasteiger partial charge in [-0.2, -0.15) is 0 Å². The molecule has 0 atom stereocenters. The number of nitrogen functional groups attached to an aromatic ring is 1. The third-order valence-corrected chi connectivity index (χ3v) is 3.62. The fourth-order valence-corrected chi connectivity index (χ4v) is 2.10. The van der Waals surface area contributed by atoms with E-state index in [2.05, 4.69) is 0 Å². The number of anilines is 1. The van der Waals surface area contributed by atoms with Gasteiger partial charge in [0.05, 0.1) is 30.5 Å². The summed E-state index contributed by atoms with van der Waals surface area (Å²) in [5.41, 5.74) is 6.46. The molecule has 2 aromatic rings. The number of hydrogen-bond donors (Lipinski definition) is 1. The van der Waals surface area contributed by atoms with Gasteiger partial charge in [0.2, 0.25) is 0 Å². The number of hydrogen-bond acceptors (Lipinski definition) is 6. The zero-order valence-corrected chi connectivity index (χ0v) is 13.9. The summed E-state index contributed by atoms with van der Waals surface area (Å²) in [6.07, 6.45) is 0. The highest BCUT2D eigenvalue weighted by molar-refractivity contribution is 6.33. The van der Waals surface area contributed by atoms with Crippen LogP contribution < -0.4 is 15.2 Å². The summed E-state index contributed by atoms with van der Waals surface area (Å²) in [6.45, 7) is -0.406. The zero-order chi connectivity index (χ0) is 17.7. The molecule has 0 unspecified atom stereocenters. The molecule has 0 fully saturated rings. The van der Waals surface area contributed by atoms with Gasteiger partial charge in [0.25, 0.3) is 0 Å². The fraction of sp³-hybridized carbons (Fsp3) is 0.176. The van der Waals surface area contributed by atoms with Crippen LogP contribution in [0.1, 0.15) is 20.7 Å². The minimum absolute atomic E-state index is 0.219. The van der Waals surface area contributed by atoms with Gasteiger partial charge in [0.1, 0.15) is 0 Å². The van der Waals surface area contributed by atoms with Crippen molar-refractivity contribution in [3.05, 3.63) is 52.5 Å². The van der Waals surface area contributed by atoms with Gasteiger partial charge < -0.3 is 19.9 Å². The Morgan fingerprint density at radius 1 is 1.00 bits per heavy atom. The van der Waals surface area contributed by atoms with Gasteiger partial charge in [-0.15, -0.1) is 0 Å². The topological polar surface area (TPSA) is 87.9 Å². The molecule has 0 saturated heterocycles. The van der Waals surface area contributed by atoms with Gasteiger partial charge in [-0.3, -0.25) is 4.79 Å². The van der Waals surface area contributed by atoms with Crippen molar-refractivity contribution in [1.82, 2.24) is 0 Å². The molecule has 7 heteroatoms. The minimum atomic E-state index is -0.660. The van der Waals surface area contributed by atoms with Crippen LogP contribution in [0.25, 0.3) is 0 Å². The number of nitrogens with two attached hydrogens (primary N) is 1. The van der Waals surface area contributed by atoms with Gasteiger partial charge in [-0.05, 0) is 36.4 Å². The molecule has 0 amide bonds. The van der Waals surface area contributed by atoms with Crippen molar-refractivity contribution in [2.75, 3.05) is 26.6 Å². The summed E-state index contributed by atoms with van der Waals surface area (Å²) >= 11 is 5.79. The molecule has 126 valence electrons. The first-order valence-electron chi connectivity index (χ1n) is 6.93. The first kappa shape index (κ1) is 17.6. The smallest absolute Gasteiger partial charge is 0.338 e. The minimum Gasteiger partial charge on any atom is -0.493 e. The number of ketones is 1. The van der Waals surface area contributed by atoms with Crippen LogP contribution in [-0.4, -0.2) is 32.6 Å². The van der Waals surface area contributed by atoms with Gasteiger partial charge >= 0.3 is 5.97 Å². The number of halogens is 1. The lowest BCUT2D eigenvalue weighted by Gasteiger charge is -2.09. The lowest BCUT2D eigenvalue weighted by molar-refractivity contribution is 0.0475. The second-order valence-electron chi connectivity index (χ2n) is 4.81. The summed E-state index contributed by atoms with van der Waals surface area (Å²) in [5, 5.41) is 0.341. The van der Waals surface area contributed by atoms with Crippen molar-refractivity contribution in [1.29, 1.82) is 0 Å². The van der Waals surface area contributed by atoms with Crippen LogP contribution in [0.15, 0.2) is 36.4 Å². The zero-order valence-electron chi connectivity index (χ0n) is 13.2.